The van der Waals surface area contributed by atoms with E-state index in [4.69, 9.17) is 17.3 Å². The molecule has 0 spiro atoms. The summed E-state index contributed by atoms with van der Waals surface area (Å²) in [6, 6.07) is 14.3. The summed E-state index contributed by atoms with van der Waals surface area (Å²) >= 11 is 5.87. The maximum atomic E-state index is 13.9. The van der Waals surface area contributed by atoms with Crippen LogP contribution in [0.2, 0.25) is 5.02 Å². The molecule has 1 unspecified atom stereocenters. The Balaban J connectivity index is 2.15. The Hall–Kier alpha value is -1.42. The Kier molecular flexibility index (Phi) is 5.12. The summed E-state index contributed by atoms with van der Waals surface area (Å²) in [5.41, 5.74) is 7.57. The van der Waals surface area contributed by atoms with E-state index in [2.05, 4.69) is 0 Å². The standard InChI is InChI=1S/C16H18ClFN2/c1-20(11-12-6-8-13(17)9-7-12)16(10-19)14-4-2-3-5-15(14)18/h2-9,16H,10-11,19H2,1H3. The lowest BCUT2D eigenvalue weighted by Crippen LogP contribution is -2.30. The molecular weight excluding hydrogens is 275 g/mol. The topological polar surface area (TPSA) is 29.3 Å². The molecule has 0 aromatic heterocycles. The van der Waals surface area contributed by atoms with E-state index in [0.29, 0.717) is 23.7 Å². The molecule has 2 rings (SSSR count). The molecule has 0 heterocycles. The average Bonchev–Trinajstić information content (AvgIpc) is 2.44. The maximum Gasteiger partial charge on any atom is 0.128 e. The second-order valence-corrected chi connectivity index (χ2v) is 5.25. The van der Waals surface area contributed by atoms with Crippen LogP contribution in [0.1, 0.15) is 17.2 Å². The van der Waals surface area contributed by atoms with E-state index in [0.717, 1.165) is 5.56 Å². The Bertz CT molecular complexity index is 557. The van der Waals surface area contributed by atoms with Gasteiger partial charge in [0.05, 0.1) is 0 Å². The smallest absolute Gasteiger partial charge is 0.128 e. The quantitative estimate of drug-likeness (QED) is 0.912. The van der Waals surface area contributed by atoms with Gasteiger partial charge in [-0.1, -0.05) is 41.9 Å². The molecule has 2 aromatic rings. The van der Waals surface area contributed by atoms with Crippen molar-refractivity contribution in [2.75, 3.05) is 13.6 Å². The molecule has 20 heavy (non-hydrogen) atoms. The number of benzene rings is 2. The van der Waals surface area contributed by atoms with Crippen LogP contribution in [0.25, 0.3) is 0 Å². The highest BCUT2D eigenvalue weighted by atomic mass is 35.5. The first-order chi connectivity index (χ1) is 9.61. The van der Waals surface area contributed by atoms with Crippen molar-refractivity contribution in [3.05, 3.63) is 70.5 Å². The zero-order chi connectivity index (χ0) is 14.5. The van der Waals surface area contributed by atoms with E-state index >= 15 is 0 Å². The fraction of sp³-hybridized carbons (Fsp3) is 0.250. The largest absolute Gasteiger partial charge is 0.329 e. The molecule has 0 aliphatic carbocycles. The van der Waals surface area contributed by atoms with Gasteiger partial charge in [-0.05, 0) is 30.8 Å². The van der Waals surface area contributed by atoms with Gasteiger partial charge in [-0.3, -0.25) is 4.90 Å². The number of rotatable bonds is 5. The van der Waals surface area contributed by atoms with Gasteiger partial charge in [0.15, 0.2) is 0 Å². The highest BCUT2D eigenvalue weighted by Gasteiger charge is 2.18. The first kappa shape index (κ1) is 15.0. The maximum absolute atomic E-state index is 13.9. The predicted molar refractivity (Wildman–Crippen MR) is 81.1 cm³/mol. The number of likely N-dealkylation sites (N-methyl/N-ethyl adjacent to an activating group) is 1. The third kappa shape index (κ3) is 3.57. The minimum Gasteiger partial charge on any atom is -0.329 e. The van der Waals surface area contributed by atoms with Crippen molar-refractivity contribution in [1.82, 2.24) is 4.90 Å². The Morgan fingerprint density at radius 3 is 2.40 bits per heavy atom. The fourth-order valence-corrected chi connectivity index (χ4v) is 2.40. The molecule has 2 N–H and O–H groups in total. The number of nitrogens with two attached hydrogens (primary N) is 1. The van der Waals surface area contributed by atoms with E-state index < -0.39 is 0 Å². The van der Waals surface area contributed by atoms with Crippen molar-refractivity contribution in [3.8, 4) is 0 Å². The lowest BCUT2D eigenvalue weighted by atomic mass is 10.0. The van der Waals surface area contributed by atoms with Crippen molar-refractivity contribution in [2.24, 2.45) is 5.73 Å². The molecule has 0 radical (unpaired) electrons. The highest BCUT2D eigenvalue weighted by molar-refractivity contribution is 6.30. The van der Waals surface area contributed by atoms with Gasteiger partial charge in [-0.2, -0.15) is 0 Å². The summed E-state index contributed by atoms with van der Waals surface area (Å²) in [6.45, 7) is 1.05. The van der Waals surface area contributed by atoms with Crippen molar-refractivity contribution in [2.45, 2.75) is 12.6 Å². The molecule has 0 saturated carbocycles. The van der Waals surface area contributed by atoms with Crippen molar-refractivity contribution < 1.29 is 4.39 Å². The summed E-state index contributed by atoms with van der Waals surface area (Å²) in [4.78, 5) is 2.04. The predicted octanol–water partition coefficient (Wildman–Crippen LogP) is 3.61. The molecular formula is C16H18ClFN2. The molecule has 0 amide bonds. The molecule has 0 aliphatic rings. The molecule has 106 valence electrons. The minimum absolute atomic E-state index is 0.146. The summed E-state index contributed by atoms with van der Waals surface area (Å²) in [6.07, 6.45) is 0. The molecule has 0 fully saturated rings. The highest BCUT2D eigenvalue weighted by Crippen LogP contribution is 2.23. The van der Waals surface area contributed by atoms with Crippen molar-refractivity contribution in [3.63, 3.8) is 0 Å². The molecule has 2 nitrogen and oxygen atoms in total. The van der Waals surface area contributed by atoms with Gasteiger partial charge in [0.25, 0.3) is 0 Å². The van der Waals surface area contributed by atoms with Gasteiger partial charge in [0.2, 0.25) is 0 Å². The second-order valence-electron chi connectivity index (χ2n) is 4.81. The van der Waals surface area contributed by atoms with E-state index in [9.17, 15) is 4.39 Å². The van der Waals surface area contributed by atoms with Crippen LogP contribution in [0, 0.1) is 5.82 Å². The zero-order valence-corrected chi connectivity index (χ0v) is 12.1. The number of nitrogens with zero attached hydrogens (tertiary/aromatic N) is 1. The molecule has 4 heteroatoms. The van der Waals surface area contributed by atoms with Crippen LogP contribution in [0.15, 0.2) is 48.5 Å². The Morgan fingerprint density at radius 1 is 1.15 bits per heavy atom. The van der Waals surface area contributed by atoms with Gasteiger partial charge in [-0.15, -0.1) is 0 Å². The molecule has 0 bridgehead atoms. The van der Waals surface area contributed by atoms with Gasteiger partial charge < -0.3 is 5.73 Å². The fourth-order valence-electron chi connectivity index (χ4n) is 2.28. The second kappa shape index (κ2) is 6.84. The third-order valence-electron chi connectivity index (χ3n) is 3.36. The number of hydrogen-bond acceptors (Lipinski definition) is 2. The van der Waals surface area contributed by atoms with Gasteiger partial charge in [-0.25, -0.2) is 4.39 Å². The average molecular weight is 293 g/mol. The van der Waals surface area contributed by atoms with Crippen LogP contribution >= 0.6 is 11.6 Å². The first-order valence-corrected chi connectivity index (χ1v) is 6.89. The Morgan fingerprint density at radius 2 is 1.80 bits per heavy atom. The summed E-state index contributed by atoms with van der Waals surface area (Å²) < 4.78 is 13.9. The molecule has 1 atom stereocenters. The summed E-state index contributed by atoms with van der Waals surface area (Å²) in [7, 11) is 1.94. The third-order valence-corrected chi connectivity index (χ3v) is 3.62. The first-order valence-electron chi connectivity index (χ1n) is 6.51. The summed E-state index contributed by atoms with van der Waals surface area (Å²) in [5.74, 6) is -0.217. The number of halogens is 2. The van der Waals surface area contributed by atoms with Crippen LogP contribution in [-0.4, -0.2) is 18.5 Å². The van der Waals surface area contributed by atoms with Crippen LogP contribution < -0.4 is 5.73 Å². The SMILES string of the molecule is CN(Cc1ccc(Cl)cc1)C(CN)c1ccccc1F. The van der Waals surface area contributed by atoms with Crippen LogP contribution in [0.3, 0.4) is 0 Å². The van der Waals surface area contributed by atoms with Crippen LogP contribution in [-0.2, 0) is 6.54 Å². The lowest BCUT2D eigenvalue weighted by molar-refractivity contribution is 0.237. The summed E-state index contributed by atoms with van der Waals surface area (Å²) in [5, 5.41) is 0.709. The number of hydrogen-bond donors (Lipinski definition) is 1. The molecule has 2 aromatic carbocycles. The van der Waals surface area contributed by atoms with Gasteiger partial charge in [0, 0.05) is 29.7 Å². The van der Waals surface area contributed by atoms with E-state index in [1.54, 1.807) is 12.1 Å². The van der Waals surface area contributed by atoms with E-state index in [-0.39, 0.29) is 11.9 Å². The van der Waals surface area contributed by atoms with Gasteiger partial charge >= 0.3 is 0 Å². The minimum atomic E-state index is -0.217. The monoisotopic (exact) mass is 292 g/mol. The van der Waals surface area contributed by atoms with Crippen LogP contribution in [0.5, 0.6) is 0 Å². The molecule has 0 saturated heterocycles. The Labute approximate surface area is 124 Å². The lowest BCUT2D eigenvalue weighted by Gasteiger charge is -2.27. The zero-order valence-electron chi connectivity index (χ0n) is 11.4. The van der Waals surface area contributed by atoms with Crippen LogP contribution in [0.4, 0.5) is 4.39 Å². The van der Waals surface area contributed by atoms with Gasteiger partial charge in [0.1, 0.15) is 5.82 Å². The van der Waals surface area contributed by atoms with E-state index in [1.807, 2.05) is 42.3 Å². The normalized spacial score (nSPS) is 12.7. The molecule has 0 aliphatic heterocycles. The van der Waals surface area contributed by atoms with E-state index in [1.165, 1.54) is 6.07 Å². The van der Waals surface area contributed by atoms with Crippen molar-refractivity contribution in [1.29, 1.82) is 0 Å². The van der Waals surface area contributed by atoms with Crippen molar-refractivity contribution >= 4 is 11.6 Å².